The lowest BCUT2D eigenvalue weighted by Crippen LogP contribution is -2.39. The molecule has 1 fully saturated rings. The predicted molar refractivity (Wildman–Crippen MR) is 112 cm³/mol. The number of carbonyl (C=O) groups excluding carboxylic acids is 2. The first-order valence-electron chi connectivity index (χ1n) is 9.86. The number of hydrogen-bond acceptors (Lipinski definition) is 6. The Morgan fingerprint density at radius 1 is 1.29 bits per heavy atom. The fraction of sp³-hybridized carbons (Fsp3) is 0.318. The van der Waals surface area contributed by atoms with E-state index in [1.165, 1.54) is 28.6 Å². The zero-order valence-corrected chi connectivity index (χ0v) is 17.8. The molecular formula is C22H22FN3O4S. The number of nitrogens with zero attached hydrogens (tertiary/aromatic N) is 3. The quantitative estimate of drug-likeness (QED) is 0.585. The molecule has 3 heterocycles. The molecule has 1 atom stereocenters. The molecular weight excluding hydrogens is 421 g/mol. The Bertz CT molecular complexity index is 1050. The van der Waals surface area contributed by atoms with E-state index in [0.29, 0.717) is 12.1 Å². The molecule has 1 aromatic carbocycles. The lowest BCUT2D eigenvalue weighted by molar-refractivity contribution is -0.132. The standard InChI is InChI=1S/C22H22FN3O4S/c1-15-24-17(14-31-15)9-25-10-18(30-13-16-5-2-3-6-19(16)23)11-26(12-21(25)27)22(28)20-7-4-8-29-20/h2-8,14,18H,9-13H2,1H3. The molecule has 4 rings (SSSR count). The van der Waals surface area contributed by atoms with Gasteiger partial charge in [-0.1, -0.05) is 18.2 Å². The monoisotopic (exact) mass is 443 g/mol. The molecule has 31 heavy (non-hydrogen) atoms. The van der Waals surface area contributed by atoms with Crippen molar-refractivity contribution in [1.29, 1.82) is 0 Å². The van der Waals surface area contributed by atoms with Crippen molar-refractivity contribution in [2.24, 2.45) is 0 Å². The normalized spacial score (nSPS) is 17.1. The molecule has 0 bridgehead atoms. The summed E-state index contributed by atoms with van der Waals surface area (Å²) < 4.78 is 25.2. The zero-order chi connectivity index (χ0) is 21.8. The smallest absolute Gasteiger partial charge is 0.290 e. The summed E-state index contributed by atoms with van der Waals surface area (Å²) in [5.41, 5.74) is 1.21. The second-order valence-corrected chi connectivity index (χ2v) is 8.38. The highest BCUT2D eigenvalue weighted by Gasteiger charge is 2.32. The van der Waals surface area contributed by atoms with E-state index in [9.17, 15) is 14.0 Å². The molecule has 0 spiro atoms. The number of amides is 2. The number of rotatable bonds is 6. The van der Waals surface area contributed by atoms with Gasteiger partial charge in [-0.25, -0.2) is 9.37 Å². The van der Waals surface area contributed by atoms with Gasteiger partial charge in [0.2, 0.25) is 5.91 Å². The summed E-state index contributed by atoms with van der Waals surface area (Å²) in [7, 11) is 0. The van der Waals surface area contributed by atoms with Gasteiger partial charge in [0.25, 0.3) is 5.91 Å². The Labute approximate surface area is 183 Å². The van der Waals surface area contributed by atoms with Crippen LogP contribution in [0.25, 0.3) is 0 Å². The van der Waals surface area contributed by atoms with Gasteiger partial charge in [-0.15, -0.1) is 11.3 Å². The van der Waals surface area contributed by atoms with E-state index in [1.807, 2.05) is 12.3 Å². The number of benzene rings is 1. The number of halogens is 1. The Hall–Kier alpha value is -3.04. The van der Waals surface area contributed by atoms with Gasteiger partial charge in [-0.3, -0.25) is 9.59 Å². The second kappa shape index (κ2) is 9.40. The van der Waals surface area contributed by atoms with Crippen LogP contribution in [-0.2, 0) is 22.7 Å². The van der Waals surface area contributed by atoms with Crippen LogP contribution in [0.1, 0.15) is 26.8 Å². The third kappa shape index (κ3) is 5.18. The molecule has 3 aromatic rings. The average Bonchev–Trinajstić information content (AvgIpc) is 3.40. The topological polar surface area (TPSA) is 75.9 Å². The van der Waals surface area contributed by atoms with Crippen LogP contribution < -0.4 is 0 Å². The number of ether oxygens (including phenoxy) is 1. The highest BCUT2D eigenvalue weighted by atomic mass is 32.1. The number of aromatic nitrogens is 1. The first-order valence-corrected chi connectivity index (χ1v) is 10.7. The minimum atomic E-state index is -0.496. The van der Waals surface area contributed by atoms with Gasteiger partial charge in [-0.05, 0) is 25.1 Å². The maximum atomic E-state index is 14.0. The largest absolute Gasteiger partial charge is 0.459 e. The van der Waals surface area contributed by atoms with Gasteiger partial charge in [-0.2, -0.15) is 0 Å². The van der Waals surface area contributed by atoms with Crippen LogP contribution in [0, 0.1) is 12.7 Å². The van der Waals surface area contributed by atoms with Crippen molar-refractivity contribution in [2.45, 2.75) is 26.2 Å². The van der Waals surface area contributed by atoms with Crippen LogP contribution in [-0.4, -0.2) is 52.3 Å². The summed E-state index contributed by atoms with van der Waals surface area (Å²) in [5.74, 6) is -0.790. The van der Waals surface area contributed by atoms with Gasteiger partial charge in [0, 0.05) is 24.0 Å². The van der Waals surface area contributed by atoms with Crippen molar-refractivity contribution < 1.29 is 23.1 Å². The minimum absolute atomic E-state index is 0.0396. The fourth-order valence-corrected chi connectivity index (χ4v) is 4.05. The van der Waals surface area contributed by atoms with Crippen LogP contribution >= 0.6 is 11.3 Å². The van der Waals surface area contributed by atoms with Crippen molar-refractivity contribution in [3.63, 3.8) is 0 Å². The van der Waals surface area contributed by atoms with Crippen molar-refractivity contribution in [2.75, 3.05) is 19.6 Å². The van der Waals surface area contributed by atoms with E-state index in [1.54, 1.807) is 35.2 Å². The van der Waals surface area contributed by atoms with Crippen molar-refractivity contribution in [3.8, 4) is 0 Å². The van der Waals surface area contributed by atoms with E-state index in [2.05, 4.69) is 4.98 Å². The average molecular weight is 444 g/mol. The third-order valence-corrected chi connectivity index (χ3v) is 5.82. The second-order valence-electron chi connectivity index (χ2n) is 7.32. The van der Waals surface area contributed by atoms with Crippen molar-refractivity contribution in [1.82, 2.24) is 14.8 Å². The maximum Gasteiger partial charge on any atom is 0.290 e. The summed E-state index contributed by atoms with van der Waals surface area (Å²) in [6.07, 6.45) is 0.917. The first-order chi connectivity index (χ1) is 15.0. The number of carbonyl (C=O) groups is 2. The molecule has 162 valence electrons. The SMILES string of the molecule is Cc1nc(CN2CC(OCc3ccccc3F)CN(C(=O)c3ccco3)CC2=O)cs1. The Balaban J connectivity index is 1.53. The number of hydrogen-bond donors (Lipinski definition) is 0. The molecule has 0 saturated carbocycles. The third-order valence-electron chi connectivity index (χ3n) is 5.00. The van der Waals surface area contributed by atoms with E-state index in [0.717, 1.165) is 10.7 Å². The Morgan fingerprint density at radius 2 is 2.13 bits per heavy atom. The number of furan rings is 1. The molecule has 2 aromatic heterocycles. The molecule has 0 N–H and O–H groups in total. The van der Waals surface area contributed by atoms with Crippen LogP contribution in [0.3, 0.4) is 0 Å². The summed E-state index contributed by atoms with van der Waals surface area (Å²) in [6, 6.07) is 9.56. The van der Waals surface area contributed by atoms with Gasteiger partial charge in [0.1, 0.15) is 12.4 Å². The molecule has 0 radical (unpaired) electrons. The van der Waals surface area contributed by atoms with E-state index >= 15 is 0 Å². The summed E-state index contributed by atoms with van der Waals surface area (Å²) >= 11 is 1.51. The van der Waals surface area contributed by atoms with Gasteiger partial charge in [0.05, 0.1) is 36.2 Å². The summed E-state index contributed by atoms with van der Waals surface area (Å²) in [6.45, 7) is 2.63. The Morgan fingerprint density at radius 3 is 2.84 bits per heavy atom. The molecule has 1 aliphatic heterocycles. The van der Waals surface area contributed by atoms with Gasteiger partial charge < -0.3 is 19.0 Å². The molecule has 2 amide bonds. The van der Waals surface area contributed by atoms with Crippen LogP contribution in [0.15, 0.2) is 52.5 Å². The van der Waals surface area contributed by atoms with Gasteiger partial charge >= 0.3 is 0 Å². The fourth-order valence-electron chi connectivity index (χ4n) is 3.45. The van der Waals surface area contributed by atoms with Crippen molar-refractivity contribution >= 4 is 23.2 Å². The molecule has 9 heteroatoms. The lowest BCUT2D eigenvalue weighted by atomic mass is 10.2. The zero-order valence-electron chi connectivity index (χ0n) is 17.0. The number of thiazole rings is 1. The first kappa shape index (κ1) is 21.2. The van der Waals surface area contributed by atoms with Crippen LogP contribution in [0.4, 0.5) is 4.39 Å². The van der Waals surface area contributed by atoms with Crippen LogP contribution in [0.2, 0.25) is 0 Å². The van der Waals surface area contributed by atoms with E-state index in [4.69, 9.17) is 9.15 Å². The summed E-state index contributed by atoms with van der Waals surface area (Å²) in [4.78, 5) is 33.3. The lowest BCUT2D eigenvalue weighted by Gasteiger charge is -2.24. The van der Waals surface area contributed by atoms with E-state index in [-0.39, 0.29) is 49.6 Å². The Kier molecular flexibility index (Phi) is 6.43. The predicted octanol–water partition coefficient (Wildman–Crippen LogP) is 3.25. The molecule has 1 unspecified atom stereocenters. The summed E-state index contributed by atoms with van der Waals surface area (Å²) in [5, 5.41) is 2.83. The maximum absolute atomic E-state index is 14.0. The molecule has 7 nitrogen and oxygen atoms in total. The van der Waals surface area contributed by atoms with Gasteiger partial charge in [0.15, 0.2) is 5.76 Å². The van der Waals surface area contributed by atoms with Crippen molar-refractivity contribution in [3.05, 3.63) is 75.9 Å². The minimum Gasteiger partial charge on any atom is -0.459 e. The van der Waals surface area contributed by atoms with E-state index < -0.39 is 6.10 Å². The van der Waals surface area contributed by atoms with Crippen LogP contribution in [0.5, 0.6) is 0 Å². The highest BCUT2D eigenvalue weighted by Crippen LogP contribution is 2.18. The number of aryl methyl sites for hydroxylation is 1. The molecule has 1 aliphatic rings. The highest BCUT2D eigenvalue weighted by molar-refractivity contribution is 7.09. The molecule has 1 saturated heterocycles. The molecule has 0 aliphatic carbocycles.